The summed E-state index contributed by atoms with van der Waals surface area (Å²) in [5.74, 6) is 0. The van der Waals surface area contributed by atoms with Crippen molar-refractivity contribution in [1.82, 2.24) is 9.80 Å². The van der Waals surface area contributed by atoms with Crippen LogP contribution in [0.5, 0.6) is 0 Å². The molecular formula is C17H22IN3O3. The molecule has 1 N–H and O–H groups in total. The largest absolute Gasteiger partial charge is 0.447 e. The molecule has 0 bridgehead atoms. The fourth-order valence-corrected chi connectivity index (χ4v) is 3.86. The van der Waals surface area contributed by atoms with Crippen molar-refractivity contribution >= 4 is 40.4 Å². The second-order valence-electron chi connectivity index (χ2n) is 6.17. The number of hydrogen-bond donors (Lipinski definition) is 1. The zero-order valence-corrected chi connectivity index (χ0v) is 15.9. The van der Waals surface area contributed by atoms with Gasteiger partial charge in [0.2, 0.25) is 0 Å². The Bertz CT molecular complexity index is 617. The number of urea groups is 1. The average Bonchev–Trinajstić information content (AvgIpc) is 2.98. The molecule has 2 saturated heterocycles. The van der Waals surface area contributed by atoms with Crippen LogP contribution in [-0.2, 0) is 4.74 Å². The summed E-state index contributed by atoms with van der Waals surface area (Å²) in [5.41, 5.74) is 0.833. The van der Waals surface area contributed by atoms with Gasteiger partial charge in [0.1, 0.15) is 6.61 Å². The summed E-state index contributed by atoms with van der Waals surface area (Å²) >= 11 is 2.21. The summed E-state index contributed by atoms with van der Waals surface area (Å²) in [6.45, 7) is 3.87. The molecule has 3 rings (SSSR count). The van der Waals surface area contributed by atoms with Gasteiger partial charge in [0.15, 0.2) is 0 Å². The highest BCUT2D eigenvalue weighted by molar-refractivity contribution is 14.1. The lowest BCUT2D eigenvalue weighted by Crippen LogP contribution is -2.50. The first kappa shape index (κ1) is 17.3. The molecule has 1 atom stereocenters. The zero-order valence-electron chi connectivity index (χ0n) is 13.7. The molecule has 0 saturated carbocycles. The summed E-state index contributed by atoms with van der Waals surface area (Å²) in [6, 6.07) is 7.99. The van der Waals surface area contributed by atoms with Gasteiger partial charge in [-0.2, -0.15) is 0 Å². The highest BCUT2D eigenvalue weighted by Crippen LogP contribution is 2.26. The zero-order chi connectivity index (χ0) is 17.1. The molecule has 1 unspecified atom stereocenters. The predicted octanol–water partition coefficient (Wildman–Crippen LogP) is 3.52. The standard InChI is InChI=1S/C17H22IN3O3/c1-2-12-11-24-17(23)21(12)13-7-9-20(10-8-13)16(22)19-15-6-4-3-5-14(15)18/h3-6,12-13H,2,7-11H2,1H3,(H,19,22). The number of nitrogens with zero attached hydrogens (tertiary/aromatic N) is 2. The summed E-state index contributed by atoms with van der Waals surface area (Å²) in [5, 5.41) is 2.97. The molecule has 2 aliphatic heterocycles. The number of para-hydroxylation sites is 1. The van der Waals surface area contributed by atoms with Gasteiger partial charge in [-0.25, -0.2) is 9.59 Å². The van der Waals surface area contributed by atoms with Gasteiger partial charge in [0, 0.05) is 22.7 Å². The molecule has 0 spiro atoms. The van der Waals surface area contributed by atoms with Crippen LogP contribution in [0.25, 0.3) is 0 Å². The molecule has 6 nitrogen and oxygen atoms in total. The van der Waals surface area contributed by atoms with E-state index in [2.05, 4.69) is 34.8 Å². The van der Waals surface area contributed by atoms with Crippen LogP contribution in [0, 0.1) is 3.57 Å². The summed E-state index contributed by atoms with van der Waals surface area (Å²) in [4.78, 5) is 28.1. The van der Waals surface area contributed by atoms with Crippen LogP contribution in [0.2, 0.25) is 0 Å². The molecule has 0 aliphatic carbocycles. The van der Waals surface area contributed by atoms with Gasteiger partial charge in [-0.3, -0.25) is 4.90 Å². The van der Waals surface area contributed by atoms with E-state index in [0.29, 0.717) is 19.7 Å². The van der Waals surface area contributed by atoms with Gasteiger partial charge < -0.3 is 15.0 Å². The third kappa shape index (κ3) is 3.60. The number of piperidine rings is 1. The average molecular weight is 443 g/mol. The third-order valence-electron chi connectivity index (χ3n) is 4.74. The summed E-state index contributed by atoms with van der Waals surface area (Å²) in [6.07, 6.45) is 2.29. The van der Waals surface area contributed by atoms with Crippen molar-refractivity contribution in [2.75, 3.05) is 25.0 Å². The van der Waals surface area contributed by atoms with E-state index < -0.39 is 0 Å². The third-order valence-corrected chi connectivity index (χ3v) is 5.68. The number of rotatable bonds is 3. The maximum atomic E-state index is 12.4. The Morgan fingerprint density at radius 2 is 2.04 bits per heavy atom. The molecule has 2 fully saturated rings. The summed E-state index contributed by atoms with van der Waals surface area (Å²) in [7, 11) is 0. The Kier molecular flexibility index (Phi) is 5.47. The van der Waals surface area contributed by atoms with Crippen molar-refractivity contribution < 1.29 is 14.3 Å². The van der Waals surface area contributed by atoms with Gasteiger partial charge in [-0.1, -0.05) is 19.1 Å². The molecule has 0 radical (unpaired) electrons. The molecular weight excluding hydrogens is 421 g/mol. The van der Waals surface area contributed by atoms with Gasteiger partial charge in [0.05, 0.1) is 11.7 Å². The topological polar surface area (TPSA) is 61.9 Å². The van der Waals surface area contributed by atoms with E-state index in [-0.39, 0.29) is 24.2 Å². The number of amides is 3. The maximum absolute atomic E-state index is 12.4. The monoisotopic (exact) mass is 443 g/mol. The minimum Gasteiger partial charge on any atom is -0.447 e. The Labute approximate surface area is 155 Å². The lowest BCUT2D eigenvalue weighted by molar-refractivity contribution is 0.115. The Morgan fingerprint density at radius 1 is 1.33 bits per heavy atom. The fourth-order valence-electron chi connectivity index (χ4n) is 3.34. The molecule has 2 aliphatic rings. The number of benzene rings is 1. The van der Waals surface area contributed by atoms with Crippen molar-refractivity contribution in [3.63, 3.8) is 0 Å². The predicted molar refractivity (Wildman–Crippen MR) is 100 cm³/mol. The minimum absolute atomic E-state index is 0.0754. The molecule has 0 aromatic heterocycles. The van der Waals surface area contributed by atoms with Crippen LogP contribution in [-0.4, -0.2) is 53.7 Å². The lowest BCUT2D eigenvalue weighted by atomic mass is 10.0. The molecule has 1 aromatic carbocycles. The van der Waals surface area contributed by atoms with Crippen LogP contribution in [0.4, 0.5) is 15.3 Å². The van der Waals surface area contributed by atoms with Gasteiger partial charge in [-0.15, -0.1) is 0 Å². The second-order valence-corrected chi connectivity index (χ2v) is 7.34. The number of likely N-dealkylation sites (tertiary alicyclic amines) is 1. The van der Waals surface area contributed by atoms with Gasteiger partial charge >= 0.3 is 12.1 Å². The van der Waals surface area contributed by atoms with E-state index >= 15 is 0 Å². The molecule has 2 heterocycles. The van der Waals surface area contributed by atoms with E-state index in [1.165, 1.54) is 0 Å². The number of nitrogens with one attached hydrogen (secondary N) is 1. The van der Waals surface area contributed by atoms with Gasteiger partial charge in [-0.05, 0) is 54.0 Å². The van der Waals surface area contributed by atoms with Crippen molar-refractivity contribution in [2.24, 2.45) is 0 Å². The number of cyclic esters (lactones) is 1. The highest BCUT2D eigenvalue weighted by atomic mass is 127. The maximum Gasteiger partial charge on any atom is 0.410 e. The molecule has 24 heavy (non-hydrogen) atoms. The van der Waals surface area contributed by atoms with Crippen LogP contribution < -0.4 is 5.32 Å². The number of carbonyl (C=O) groups excluding carboxylic acids is 2. The number of anilines is 1. The SMILES string of the molecule is CCC1COC(=O)N1C1CCN(C(=O)Nc2ccccc2I)CC1. The Hall–Kier alpha value is -1.51. The number of carbonyl (C=O) groups is 2. The summed E-state index contributed by atoms with van der Waals surface area (Å²) < 4.78 is 6.20. The van der Waals surface area contributed by atoms with Crippen LogP contribution in [0.15, 0.2) is 24.3 Å². The molecule has 1 aromatic rings. The molecule has 7 heteroatoms. The van der Waals surface area contributed by atoms with E-state index in [4.69, 9.17) is 4.74 Å². The highest BCUT2D eigenvalue weighted by Gasteiger charge is 2.38. The number of hydrogen-bond acceptors (Lipinski definition) is 3. The number of halogens is 1. The van der Waals surface area contributed by atoms with Crippen LogP contribution in [0.3, 0.4) is 0 Å². The Balaban J connectivity index is 1.56. The van der Waals surface area contributed by atoms with E-state index in [0.717, 1.165) is 28.5 Å². The smallest absolute Gasteiger partial charge is 0.410 e. The number of ether oxygens (including phenoxy) is 1. The molecule has 130 valence electrons. The quantitative estimate of drug-likeness (QED) is 0.728. The van der Waals surface area contributed by atoms with Crippen molar-refractivity contribution in [3.8, 4) is 0 Å². The first-order valence-electron chi connectivity index (χ1n) is 8.35. The van der Waals surface area contributed by atoms with E-state index in [1.807, 2.05) is 34.1 Å². The lowest BCUT2D eigenvalue weighted by Gasteiger charge is -2.37. The molecule has 3 amide bonds. The van der Waals surface area contributed by atoms with Crippen LogP contribution in [0.1, 0.15) is 26.2 Å². The van der Waals surface area contributed by atoms with Crippen LogP contribution >= 0.6 is 22.6 Å². The van der Waals surface area contributed by atoms with E-state index in [9.17, 15) is 9.59 Å². The first-order valence-corrected chi connectivity index (χ1v) is 9.43. The van der Waals surface area contributed by atoms with Crippen molar-refractivity contribution in [1.29, 1.82) is 0 Å². The Morgan fingerprint density at radius 3 is 2.71 bits per heavy atom. The van der Waals surface area contributed by atoms with Crippen molar-refractivity contribution in [3.05, 3.63) is 27.8 Å². The van der Waals surface area contributed by atoms with Gasteiger partial charge in [0.25, 0.3) is 0 Å². The second kappa shape index (κ2) is 7.58. The fraction of sp³-hybridized carbons (Fsp3) is 0.529. The minimum atomic E-state index is -0.205. The first-order chi connectivity index (χ1) is 11.6. The van der Waals surface area contributed by atoms with E-state index in [1.54, 1.807) is 0 Å². The van der Waals surface area contributed by atoms with Crippen molar-refractivity contribution in [2.45, 2.75) is 38.3 Å². The normalized spacial score (nSPS) is 21.8.